The Labute approximate surface area is 81.2 Å². The number of hydrogen-bond donors (Lipinski definition) is 0. The zero-order valence-electron chi connectivity index (χ0n) is 8.59. The first-order valence-corrected chi connectivity index (χ1v) is 5.51. The van der Waals surface area contributed by atoms with Gasteiger partial charge >= 0.3 is 0 Å². The number of ketones is 1. The fraction of sp³-hybridized carbons (Fsp3) is 0.750. The Balaban J connectivity index is 2.06. The second kappa shape index (κ2) is 5.95. The molecule has 0 heterocycles. The molecule has 0 spiro atoms. The number of carbonyl (C=O) groups excluding carboxylic acids is 1. The zero-order chi connectivity index (χ0) is 9.52. The SMILES string of the molecule is CCCCC/C=C/[C@@H]1CCC(=O)C1. The van der Waals surface area contributed by atoms with Crippen molar-refractivity contribution in [3.8, 4) is 0 Å². The van der Waals surface area contributed by atoms with Gasteiger partial charge in [-0.2, -0.15) is 0 Å². The van der Waals surface area contributed by atoms with Crippen LogP contribution in [0.3, 0.4) is 0 Å². The summed E-state index contributed by atoms with van der Waals surface area (Å²) >= 11 is 0. The molecule has 0 N–H and O–H groups in total. The third kappa shape index (κ3) is 4.25. The molecule has 0 bridgehead atoms. The minimum absolute atomic E-state index is 0.447. The molecule has 1 fully saturated rings. The molecule has 0 unspecified atom stereocenters. The number of carbonyl (C=O) groups is 1. The van der Waals surface area contributed by atoms with Gasteiger partial charge in [-0.25, -0.2) is 0 Å². The van der Waals surface area contributed by atoms with Crippen LogP contribution in [0.4, 0.5) is 0 Å². The van der Waals surface area contributed by atoms with Crippen molar-refractivity contribution in [1.29, 1.82) is 0 Å². The molecular weight excluding hydrogens is 160 g/mol. The van der Waals surface area contributed by atoms with E-state index in [9.17, 15) is 4.79 Å². The van der Waals surface area contributed by atoms with Crippen molar-refractivity contribution in [1.82, 2.24) is 0 Å². The Hall–Kier alpha value is -0.590. The zero-order valence-corrected chi connectivity index (χ0v) is 8.59. The van der Waals surface area contributed by atoms with Gasteiger partial charge in [-0.15, -0.1) is 0 Å². The van der Waals surface area contributed by atoms with E-state index in [0.29, 0.717) is 11.7 Å². The van der Waals surface area contributed by atoms with Gasteiger partial charge in [0.25, 0.3) is 0 Å². The third-order valence-electron chi connectivity index (χ3n) is 2.67. The first kappa shape index (κ1) is 10.5. The summed E-state index contributed by atoms with van der Waals surface area (Å²) in [6.07, 6.45) is 12.3. The van der Waals surface area contributed by atoms with E-state index in [2.05, 4.69) is 19.1 Å². The largest absolute Gasteiger partial charge is 0.300 e. The molecule has 1 saturated carbocycles. The molecular formula is C12H20O. The molecule has 0 aliphatic heterocycles. The van der Waals surface area contributed by atoms with E-state index in [1.54, 1.807) is 0 Å². The molecule has 0 aromatic carbocycles. The van der Waals surface area contributed by atoms with E-state index in [1.807, 2.05) is 0 Å². The first-order valence-electron chi connectivity index (χ1n) is 5.51. The van der Waals surface area contributed by atoms with Crippen LogP contribution in [0.2, 0.25) is 0 Å². The van der Waals surface area contributed by atoms with E-state index in [4.69, 9.17) is 0 Å². The van der Waals surface area contributed by atoms with Gasteiger partial charge in [0.15, 0.2) is 0 Å². The average molecular weight is 180 g/mol. The fourth-order valence-electron chi connectivity index (χ4n) is 1.81. The lowest BCUT2D eigenvalue weighted by Crippen LogP contribution is -1.89. The van der Waals surface area contributed by atoms with Gasteiger partial charge in [0.05, 0.1) is 0 Å². The molecule has 1 atom stereocenters. The van der Waals surface area contributed by atoms with Gasteiger partial charge in [-0.3, -0.25) is 4.79 Å². The summed E-state index contributed by atoms with van der Waals surface area (Å²) in [6, 6.07) is 0. The van der Waals surface area contributed by atoms with E-state index in [-0.39, 0.29) is 0 Å². The van der Waals surface area contributed by atoms with Gasteiger partial charge < -0.3 is 0 Å². The minimum atomic E-state index is 0.447. The van der Waals surface area contributed by atoms with Crippen molar-refractivity contribution in [3.63, 3.8) is 0 Å². The smallest absolute Gasteiger partial charge is 0.133 e. The summed E-state index contributed by atoms with van der Waals surface area (Å²) in [4.78, 5) is 11.0. The van der Waals surface area contributed by atoms with E-state index in [1.165, 1.54) is 25.7 Å². The summed E-state index contributed by atoms with van der Waals surface area (Å²) in [7, 11) is 0. The molecule has 1 nitrogen and oxygen atoms in total. The van der Waals surface area contributed by atoms with E-state index >= 15 is 0 Å². The van der Waals surface area contributed by atoms with Gasteiger partial charge in [0.2, 0.25) is 0 Å². The summed E-state index contributed by atoms with van der Waals surface area (Å²) < 4.78 is 0. The van der Waals surface area contributed by atoms with Gasteiger partial charge in [0.1, 0.15) is 5.78 Å². The summed E-state index contributed by atoms with van der Waals surface area (Å²) in [5, 5.41) is 0. The maximum Gasteiger partial charge on any atom is 0.133 e. The third-order valence-corrected chi connectivity index (χ3v) is 2.67. The lowest BCUT2D eigenvalue weighted by atomic mass is 10.1. The van der Waals surface area contributed by atoms with Gasteiger partial charge in [-0.05, 0) is 25.2 Å². The average Bonchev–Trinajstić information content (AvgIpc) is 2.51. The Morgan fingerprint density at radius 3 is 2.92 bits per heavy atom. The van der Waals surface area contributed by atoms with Gasteiger partial charge in [0, 0.05) is 12.8 Å². The van der Waals surface area contributed by atoms with Crippen molar-refractivity contribution >= 4 is 5.78 Å². The molecule has 1 heteroatoms. The molecule has 13 heavy (non-hydrogen) atoms. The number of hydrogen-bond acceptors (Lipinski definition) is 1. The monoisotopic (exact) mass is 180 g/mol. The molecule has 0 aromatic rings. The Kier molecular flexibility index (Phi) is 4.81. The standard InChI is InChI=1S/C12H20O/c1-2-3-4-5-6-7-11-8-9-12(13)10-11/h6-7,11H,2-5,8-10H2,1H3/b7-6+/t11-/m1/s1. The van der Waals surface area contributed by atoms with Crippen LogP contribution in [-0.4, -0.2) is 5.78 Å². The maximum atomic E-state index is 11.0. The van der Waals surface area contributed by atoms with Crippen LogP contribution in [0, 0.1) is 5.92 Å². The molecule has 1 aliphatic rings. The maximum absolute atomic E-state index is 11.0. The number of Topliss-reactive ketones (excluding diaryl/α,β-unsaturated/α-hetero) is 1. The molecule has 0 saturated heterocycles. The van der Waals surface area contributed by atoms with Gasteiger partial charge in [-0.1, -0.05) is 31.9 Å². The second-order valence-electron chi connectivity index (χ2n) is 3.97. The van der Waals surface area contributed by atoms with Crippen molar-refractivity contribution in [2.24, 2.45) is 5.92 Å². The van der Waals surface area contributed by atoms with E-state index < -0.39 is 0 Å². The van der Waals surface area contributed by atoms with Crippen LogP contribution in [0.1, 0.15) is 51.9 Å². The number of unbranched alkanes of at least 4 members (excludes halogenated alkanes) is 3. The Bertz CT molecular complexity index is 182. The van der Waals surface area contributed by atoms with Crippen LogP contribution in [-0.2, 0) is 4.79 Å². The second-order valence-corrected chi connectivity index (χ2v) is 3.97. The Morgan fingerprint density at radius 2 is 2.31 bits per heavy atom. The van der Waals surface area contributed by atoms with Crippen LogP contribution in [0.15, 0.2) is 12.2 Å². The predicted molar refractivity (Wildman–Crippen MR) is 55.6 cm³/mol. The van der Waals surface area contributed by atoms with Crippen molar-refractivity contribution in [3.05, 3.63) is 12.2 Å². The Morgan fingerprint density at radius 1 is 1.46 bits per heavy atom. The number of allylic oxidation sites excluding steroid dienone is 2. The molecule has 74 valence electrons. The van der Waals surface area contributed by atoms with E-state index in [0.717, 1.165) is 19.3 Å². The highest BCUT2D eigenvalue weighted by molar-refractivity contribution is 5.80. The van der Waals surface area contributed by atoms with Crippen molar-refractivity contribution < 1.29 is 4.79 Å². The fourth-order valence-corrected chi connectivity index (χ4v) is 1.81. The number of rotatable bonds is 5. The first-order chi connectivity index (χ1) is 6.33. The quantitative estimate of drug-likeness (QED) is 0.467. The lowest BCUT2D eigenvalue weighted by molar-refractivity contribution is -0.117. The molecule has 1 rings (SSSR count). The summed E-state index contributed by atoms with van der Waals surface area (Å²) in [5.74, 6) is 1.01. The van der Waals surface area contributed by atoms with Crippen LogP contribution in [0.25, 0.3) is 0 Å². The highest BCUT2D eigenvalue weighted by Crippen LogP contribution is 2.23. The molecule has 0 radical (unpaired) electrons. The minimum Gasteiger partial charge on any atom is -0.300 e. The summed E-state index contributed by atoms with van der Waals surface area (Å²) in [6.45, 7) is 2.22. The normalized spacial score (nSPS) is 23.2. The lowest BCUT2D eigenvalue weighted by Gasteiger charge is -1.98. The molecule has 1 aliphatic carbocycles. The predicted octanol–water partition coefficient (Wildman–Crippen LogP) is 3.49. The molecule has 0 amide bonds. The topological polar surface area (TPSA) is 17.1 Å². The van der Waals surface area contributed by atoms with Crippen LogP contribution >= 0.6 is 0 Å². The summed E-state index contributed by atoms with van der Waals surface area (Å²) in [5.41, 5.74) is 0. The highest BCUT2D eigenvalue weighted by atomic mass is 16.1. The highest BCUT2D eigenvalue weighted by Gasteiger charge is 2.18. The van der Waals surface area contributed by atoms with Crippen molar-refractivity contribution in [2.45, 2.75) is 51.9 Å². The van der Waals surface area contributed by atoms with Crippen LogP contribution in [0.5, 0.6) is 0 Å². The molecule has 0 aromatic heterocycles. The van der Waals surface area contributed by atoms with Crippen LogP contribution < -0.4 is 0 Å². The van der Waals surface area contributed by atoms with Crippen molar-refractivity contribution in [2.75, 3.05) is 0 Å².